The lowest BCUT2D eigenvalue weighted by Gasteiger charge is -2.39. The fourth-order valence-corrected chi connectivity index (χ4v) is 5.55. The molecule has 4 rings (SSSR count). The Morgan fingerprint density at radius 1 is 0.917 bits per heavy atom. The van der Waals surface area contributed by atoms with Gasteiger partial charge in [-0.05, 0) is 36.1 Å². The summed E-state index contributed by atoms with van der Waals surface area (Å²) < 4.78 is 32.9. The van der Waals surface area contributed by atoms with E-state index in [-0.39, 0.29) is 11.2 Å². The van der Waals surface area contributed by atoms with Crippen molar-refractivity contribution in [1.82, 2.24) is 4.31 Å². The van der Waals surface area contributed by atoms with Crippen molar-refractivity contribution in [2.24, 2.45) is 5.92 Å². The summed E-state index contributed by atoms with van der Waals surface area (Å²) in [5.74, 6) is 1.12. The molecule has 4 nitrogen and oxygen atoms in total. The van der Waals surface area contributed by atoms with Gasteiger partial charge < -0.3 is 4.74 Å². The van der Waals surface area contributed by atoms with Crippen LogP contribution in [0.15, 0.2) is 54.6 Å². The minimum absolute atomic E-state index is 0.281. The lowest BCUT2D eigenvalue weighted by atomic mass is 10.1. The van der Waals surface area contributed by atoms with E-state index in [0.29, 0.717) is 32.5 Å². The third kappa shape index (κ3) is 2.94. The molecule has 1 heterocycles. The van der Waals surface area contributed by atoms with Crippen LogP contribution in [-0.4, -0.2) is 37.7 Å². The second-order valence-corrected chi connectivity index (χ2v) is 8.86. The Balaban J connectivity index is 1.32. The van der Waals surface area contributed by atoms with Crippen molar-refractivity contribution in [1.29, 1.82) is 0 Å². The topological polar surface area (TPSA) is 46.6 Å². The number of para-hydroxylation sites is 1. The third-order valence-corrected chi connectivity index (χ3v) is 7.14. The van der Waals surface area contributed by atoms with Crippen LogP contribution in [0.25, 0.3) is 0 Å². The van der Waals surface area contributed by atoms with Gasteiger partial charge in [0.1, 0.15) is 5.75 Å². The van der Waals surface area contributed by atoms with E-state index in [4.69, 9.17) is 4.74 Å². The lowest BCUT2D eigenvalue weighted by molar-refractivity contribution is 0.129. The molecule has 0 bridgehead atoms. The summed E-state index contributed by atoms with van der Waals surface area (Å²) in [5, 5.41) is -0.300. The first-order chi connectivity index (χ1) is 11.6. The molecular weight excluding hydrogens is 322 g/mol. The summed E-state index contributed by atoms with van der Waals surface area (Å²) in [7, 11) is -3.21. The molecule has 0 radical (unpaired) electrons. The van der Waals surface area contributed by atoms with Crippen LogP contribution in [0.5, 0.6) is 5.75 Å². The van der Waals surface area contributed by atoms with Gasteiger partial charge in [0.2, 0.25) is 10.0 Å². The number of ether oxygens (including phenoxy) is 1. The predicted octanol–water partition coefficient (Wildman–Crippen LogP) is 2.49. The Morgan fingerprint density at radius 3 is 2.12 bits per heavy atom. The van der Waals surface area contributed by atoms with Gasteiger partial charge in [0.25, 0.3) is 0 Å². The normalized spacial score (nSPS) is 19.0. The molecule has 2 aliphatic rings. The van der Waals surface area contributed by atoms with E-state index in [1.54, 1.807) is 4.31 Å². The maximum Gasteiger partial charge on any atom is 0.217 e. The summed E-state index contributed by atoms with van der Waals surface area (Å²) in [6, 6.07) is 17.7. The monoisotopic (exact) mass is 343 g/mol. The van der Waals surface area contributed by atoms with Gasteiger partial charge in [0, 0.05) is 19.0 Å². The minimum Gasteiger partial charge on any atom is -0.493 e. The van der Waals surface area contributed by atoms with E-state index in [0.717, 1.165) is 5.75 Å². The zero-order chi connectivity index (χ0) is 16.6. The molecule has 2 aromatic carbocycles. The van der Waals surface area contributed by atoms with Gasteiger partial charge in [-0.25, -0.2) is 12.7 Å². The molecule has 24 heavy (non-hydrogen) atoms. The van der Waals surface area contributed by atoms with Crippen LogP contribution >= 0.6 is 0 Å². The van der Waals surface area contributed by atoms with Crippen LogP contribution in [0.4, 0.5) is 0 Å². The van der Waals surface area contributed by atoms with Crippen LogP contribution in [0.2, 0.25) is 0 Å². The predicted molar refractivity (Wildman–Crippen MR) is 93.6 cm³/mol. The highest BCUT2D eigenvalue weighted by atomic mass is 32.2. The van der Waals surface area contributed by atoms with Gasteiger partial charge in [0.15, 0.2) is 0 Å². The highest BCUT2D eigenvalue weighted by Gasteiger charge is 2.42. The lowest BCUT2D eigenvalue weighted by Crippen LogP contribution is -2.54. The van der Waals surface area contributed by atoms with E-state index in [9.17, 15) is 8.42 Å². The van der Waals surface area contributed by atoms with E-state index < -0.39 is 10.0 Å². The molecule has 126 valence electrons. The van der Waals surface area contributed by atoms with Crippen molar-refractivity contribution in [2.75, 3.05) is 19.7 Å². The molecule has 0 N–H and O–H groups in total. The number of sulfonamides is 1. The summed E-state index contributed by atoms with van der Waals surface area (Å²) in [4.78, 5) is 0. The van der Waals surface area contributed by atoms with Gasteiger partial charge in [-0.3, -0.25) is 0 Å². The number of nitrogens with zero attached hydrogens (tertiary/aromatic N) is 1. The van der Waals surface area contributed by atoms with Crippen molar-refractivity contribution < 1.29 is 13.2 Å². The maximum absolute atomic E-state index is 12.8. The molecule has 1 aliphatic heterocycles. The second kappa shape index (κ2) is 6.22. The first-order valence-corrected chi connectivity index (χ1v) is 9.87. The Bertz CT molecular complexity index is 789. The van der Waals surface area contributed by atoms with Gasteiger partial charge in [-0.15, -0.1) is 0 Å². The quantitative estimate of drug-likeness (QED) is 0.838. The smallest absolute Gasteiger partial charge is 0.217 e. The van der Waals surface area contributed by atoms with Crippen molar-refractivity contribution >= 4 is 10.0 Å². The average Bonchev–Trinajstić information content (AvgIpc) is 2.99. The molecule has 0 amide bonds. The number of hydrogen-bond donors (Lipinski definition) is 0. The van der Waals surface area contributed by atoms with Gasteiger partial charge in [-0.1, -0.05) is 42.5 Å². The minimum atomic E-state index is -3.21. The van der Waals surface area contributed by atoms with Crippen LogP contribution in [-0.2, 0) is 22.9 Å². The summed E-state index contributed by atoms with van der Waals surface area (Å²) in [6.45, 7) is 1.71. The molecule has 2 aromatic rings. The molecule has 0 spiro atoms. The van der Waals surface area contributed by atoms with Gasteiger partial charge >= 0.3 is 0 Å². The highest BCUT2D eigenvalue weighted by molar-refractivity contribution is 7.89. The SMILES string of the molecule is O=S(=O)(C1Cc2ccccc2C1)N1CC(COc2ccccc2)C1. The molecule has 0 aromatic heterocycles. The largest absolute Gasteiger partial charge is 0.493 e. The molecule has 1 fully saturated rings. The van der Waals surface area contributed by atoms with Crippen molar-refractivity contribution in [2.45, 2.75) is 18.1 Å². The van der Waals surface area contributed by atoms with Crippen LogP contribution in [0, 0.1) is 5.92 Å². The standard InChI is InChI=1S/C19H21NO3S/c21-24(22,19-10-16-6-4-5-7-17(16)11-19)20-12-15(13-20)14-23-18-8-2-1-3-9-18/h1-9,15,19H,10-14H2. The van der Waals surface area contributed by atoms with E-state index >= 15 is 0 Å². The first-order valence-electron chi connectivity index (χ1n) is 8.36. The first kappa shape index (κ1) is 15.7. The average molecular weight is 343 g/mol. The fourth-order valence-electron chi connectivity index (χ4n) is 3.51. The Labute approximate surface area is 143 Å². The molecule has 0 saturated carbocycles. The summed E-state index contributed by atoms with van der Waals surface area (Å²) in [5.41, 5.74) is 2.35. The van der Waals surface area contributed by atoms with Crippen molar-refractivity contribution in [3.8, 4) is 5.75 Å². The number of hydrogen-bond acceptors (Lipinski definition) is 3. The van der Waals surface area contributed by atoms with Crippen LogP contribution in [0.3, 0.4) is 0 Å². The highest BCUT2D eigenvalue weighted by Crippen LogP contribution is 2.31. The van der Waals surface area contributed by atoms with Crippen LogP contribution in [0.1, 0.15) is 11.1 Å². The maximum atomic E-state index is 12.8. The Kier molecular flexibility index (Phi) is 4.06. The molecule has 1 saturated heterocycles. The number of benzene rings is 2. The molecule has 5 heteroatoms. The second-order valence-electron chi connectivity index (χ2n) is 6.65. The van der Waals surface area contributed by atoms with Crippen molar-refractivity contribution in [3.05, 3.63) is 65.7 Å². The zero-order valence-corrected chi connectivity index (χ0v) is 14.3. The van der Waals surface area contributed by atoms with Gasteiger partial charge in [-0.2, -0.15) is 0 Å². The van der Waals surface area contributed by atoms with Crippen molar-refractivity contribution in [3.63, 3.8) is 0 Å². The Hall–Kier alpha value is -1.85. The van der Waals surface area contributed by atoms with E-state index in [2.05, 4.69) is 0 Å². The van der Waals surface area contributed by atoms with E-state index in [1.807, 2.05) is 54.6 Å². The number of fused-ring (bicyclic) bond motifs is 1. The molecule has 0 unspecified atom stereocenters. The molecular formula is C19H21NO3S. The summed E-state index contributed by atoms with van der Waals surface area (Å²) >= 11 is 0. The zero-order valence-electron chi connectivity index (χ0n) is 13.5. The summed E-state index contributed by atoms with van der Waals surface area (Å²) in [6.07, 6.45) is 1.28. The van der Waals surface area contributed by atoms with E-state index in [1.165, 1.54) is 11.1 Å². The number of rotatable bonds is 5. The molecule has 1 aliphatic carbocycles. The van der Waals surface area contributed by atoms with Gasteiger partial charge in [0.05, 0.1) is 11.9 Å². The Morgan fingerprint density at radius 2 is 1.50 bits per heavy atom. The molecule has 0 atom stereocenters. The fraction of sp³-hybridized carbons (Fsp3) is 0.368. The van der Waals surface area contributed by atoms with Crippen LogP contribution < -0.4 is 4.74 Å². The third-order valence-electron chi connectivity index (χ3n) is 4.95.